The highest BCUT2D eigenvalue weighted by Crippen LogP contribution is 2.47. The summed E-state index contributed by atoms with van der Waals surface area (Å²) in [6.07, 6.45) is 2.05. The number of fused-ring (bicyclic) bond motifs is 1. The summed E-state index contributed by atoms with van der Waals surface area (Å²) in [5.41, 5.74) is -0.193. The largest absolute Gasteiger partial charge is 0.505 e. The second-order valence-electron chi connectivity index (χ2n) is 4.83. The van der Waals surface area contributed by atoms with Gasteiger partial charge in [-0.3, -0.25) is 9.59 Å². The van der Waals surface area contributed by atoms with Crippen LogP contribution in [0.4, 0.5) is 11.4 Å². The molecule has 2 aromatic carbocycles. The fourth-order valence-electron chi connectivity index (χ4n) is 2.32. The van der Waals surface area contributed by atoms with E-state index in [2.05, 4.69) is 5.32 Å². The topological polar surface area (TPSA) is 86.6 Å². The molecule has 0 spiro atoms. The molecule has 0 aliphatic heterocycles. The van der Waals surface area contributed by atoms with Gasteiger partial charge in [-0.15, -0.1) is 0 Å². The molecule has 0 fully saturated rings. The molecular weight excluding hydrogens is 341 g/mol. The van der Waals surface area contributed by atoms with Crippen LogP contribution in [0, 0.1) is 0 Å². The number of nitrogens with one attached hydrogen (secondary N) is 1. The van der Waals surface area contributed by atoms with E-state index in [1.807, 2.05) is 0 Å². The average molecular weight is 350 g/mol. The molecule has 5 nitrogen and oxygen atoms in total. The molecule has 1 aliphatic carbocycles. The van der Waals surface area contributed by atoms with Crippen LogP contribution < -0.4 is 5.32 Å². The van der Waals surface area contributed by atoms with Crippen molar-refractivity contribution in [2.24, 2.45) is 0 Å². The Balaban J connectivity index is 2.20. The van der Waals surface area contributed by atoms with Crippen LogP contribution in [-0.2, 0) is 0 Å². The number of phenolic OH excluding ortho intramolecular Hbond substituents is 2. The van der Waals surface area contributed by atoms with E-state index < -0.39 is 23.1 Å². The number of hydrogen-bond donors (Lipinski definition) is 3. The number of benzene rings is 2. The molecule has 0 aromatic heterocycles. The van der Waals surface area contributed by atoms with Crippen LogP contribution in [0.2, 0.25) is 10.0 Å². The van der Waals surface area contributed by atoms with Gasteiger partial charge in [-0.25, -0.2) is 0 Å². The van der Waals surface area contributed by atoms with Crippen molar-refractivity contribution in [3.63, 3.8) is 0 Å². The lowest BCUT2D eigenvalue weighted by Crippen LogP contribution is -2.13. The van der Waals surface area contributed by atoms with Gasteiger partial charge < -0.3 is 15.5 Å². The van der Waals surface area contributed by atoms with E-state index in [1.54, 1.807) is 24.3 Å². The molecule has 1 aliphatic rings. The third kappa shape index (κ3) is 2.54. The van der Waals surface area contributed by atoms with E-state index in [9.17, 15) is 19.8 Å². The van der Waals surface area contributed by atoms with Gasteiger partial charge in [0.2, 0.25) is 0 Å². The van der Waals surface area contributed by atoms with Crippen molar-refractivity contribution in [2.75, 3.05) is 5.32 Å². The normalized spacial score (nSPS) is 13.1. The predicted molar refractivity (Wildman–Crippen MR) is 87.3 cm³/mol. The smallest absolute Gasteiger partial charge is 0.190 e. The first kappa shape index (κ1) is 15.4. The number of carbonyl (C=O) groups is 2. The molecule has 0 unspecified atom stereocenters. The number of carbonyl (C=O) groups excluding carboxylic acids is 2. The van der Waals surface area contributed by atoms with Crippen LogP contribution in [0.5, 0.6) is 11.5 Å². The summed E-state index contributed by atoms with van der Waals surface area (Å²) in [4.78, 5) is 23.8. The third-order valence-electron chi connectivity index (χ3n) is 3.36. The fourth-order valence-corrected chi connectivity index (χ4v) is 2.74. The SMILES string of the molecule is O=C1C=CC(=O)c2c(O)c(Nc3cccc(Cl)c3)c(Cl)c(O)c21. The summed E-state index contributed by atoms with van der Waals surface area (Å²) >= 11 is 11.9. The predicted octanol–water partition coefficient (Wildman–Crippen LogP) is 4.08. The minimum atomic E-state index is -0.608. The molecule has 3 rings (SSSR count). The van der Waals surface area contributed by atoms with Crippen LogP contribution in [0.3, 0.4) is 0 Å². The highest BCUT2D eigenvalue weighted by atomic mass is 35.5. The van der Waals surface area contributed by atoms with Crippen molar-refractivity contribution in [2.45, 2.75) is 0 Å². The molecule has 0 saturated heterocycles. The Morgan fingerprint density at radius 2 is 1.52 bits per heavy atom. The molecule has 0 radical (unpaired) electrons. The molecule has 3 N–H and O–H groups in total. The minimum absolute atomic E-state index is 0.0818. The second-order valence-corrected chi connectivity index (χ2v) is 5.65. The van der Waals surface area contributed by atoms with E-state index >= 15 is 0 Å². The van der Waals surface area contributed by atoms with Crippen LogP contribution >= 0.6 is 23.2 Å². The summed E-state index contributed by atoms with van der Waals surface area (Å²) in [6.45, 7) is 0. The van der Waals surface area contributed by atoms with Crippen molar-refractivity contribution < 1.29 is 19.8 Å². The van der Waals surface area contributed by atoms with Gasteiger partial charge in [0.05, 0.1) is 11.1 Å². The lowest BCUT2D eigenvalue weighted by molar-refractivity contribution is 0.0989. The van der Waals surface area contributed by atoms with Gasteiger partial charge in [0, 0.05) is 10.7 Å². The number of hydrogen-bond acceptors (Lipinski definition) is 5. The monoisotopic (exact) mass is 349 g/mol. The van der Waals surface area contributed by atoms with Crippen molar-refractivity contribution in [3.05, 3.63) is 57.6 Å². The maximum absolute atomic E-state index is 12.0. The van der Waals surface area contributed by atoms with Gasteiger partial charge in [0.15, 0.2) is 17.3 Å². The zero-order chi connectivity index (χ0) is 16.7. The number of rotatable bonds is 2. The second kappa shape index (κ2) is 5.61. The van der Waals surface area contributed by atoms with Crippen molar-refractivity contribution in [1.29, 1.82) is 0 Å². The third-order valence-corrected chi connectivity index (χ3v) is 3.96. The number of anilines is 2. The van der Waals surface area contributed by atoms with Gasteiger partial charge in [0.25, 0.3) is 0 Å². The van der Waals surface area contributed by atoms with Crippen LogP contribution in [0.1, 0.15) is 20.7 Å². The first-order valence-electron chi connectivity index (χ1n) is 6.47. The molecule has 0 atom stereocenters. The van der Waals surface area contributed by atoms with E-state index in [-0.39, 0.29) is 21.8 Å². The molecule has 23 heavy (non-hydrogen) atoms. The van der Waals surface area contributed by atoms with E-state index in [0.29, 0.717) is 10.7 Å². The van der Waals surface area contributed by atoms with E-state index in [0.717, 1.165) is 12.2 Å². The zero-order valence-corrected chi connectivity index (χ0v) is 12.9. The van der Waals surface area contributed by atoms with E-state index in [1.165, 1.54) is 0 Å². The zero-order valence-electron chi connectivity index (χ0n) is 11.4. The number of allylic oxidation sites excluding steroid dienone is 2. The molecule has 116 valence electrons. The summed E-state index contributed by atoms with van der Waals surface area (Å²) in [5, 5.41) is 23.5. The quantitative estimate of drug-likeness (QED) is 0.561. The van der Waals surface area contributed by atoms with Crippen molar-refractivity contribution >= 4 is 46.1 Å². The van der Waals surface area contributed by atoms with Crippen LogP contribution in [0.15, 0.2) is 36.4 Å². The molecular formula is C16H9Cl2NO4. The van der Waals surface area contributed by atoms with Gasteiger partial charge in [-0.1, -0.05) is 29.3 Å². The Kier molecular flexibility index (Phi) is 3.75. The first-order valence-corrected chi connectivity index (χ1v) is 7.22. The number of phenols is 2. The molecule has 0 bridgehead atoms. The minimum Gasteiger partial charge on any atom is -0.505 e. The highest BCUT2D eigenvalue weighted by molar-refractivity contribution is 6.38. The molecule has 7 heteroatoms. The Morgan fingerprint density at radius 3 is 2.13 bits per heavy atom. The Labute approximate surface area is 140 Å². The maximum atomic E-state index is 12.0. The molecule has 0 saturated carbocycles. The Morgan fingerprint density at radius 1 is 0.913 bits per heavy atom. The van der Waals surface area contributed by atoms with Crippen LogP contribution in [0.25, 0.3) is 0 Å². The standard InChI is InChI=1S/C16H9Cl2NO4/c17-7-2-1-3-8(6-7)19-14-13(18)15(22)11-9(20)4-5-10(21)12(11)16(14)23/h1-6,19,22-23H. The van der Waals surface area contributed by atoms with Gasteiger partial charge in [-0.2, -0.15) is 0 Å². The van der Waals surface area contributed by atoms with Gasteiger partial charge in [-0.05, 0) is 30.4 Å². The summed E-state index contributed by atoms with van der Waals surface area (Å²) in [7, 11) is 0. The maximum Gasteiger partial charge on any atom is 0.190 e. The average Bonchev–Trinajstić information content (AvgIpc) is 2.51. The summed E-state index contributed by atoms with van der Waals surface area (Å²) in [6, 6.07) is 6.56. The lowest BCUT2D eigenvalue weighted by atomic mass is 9.92. The molecule has 0 heterocycles. The first-order chi connectivity index (χ1) is 10.9. The van der Waals surface area contributed by atoms with Gasteiger partial charge >= 0.3 is 0 Å². The number of halogens is 2. The fraction of sp³-hybridized carbons (Fsp3) is 0. The lowest BCUT2D eigenvalue weighted by Gasteiger charge is -2.19. The molecule has 0 amide bonds. The Bertz CT molecular complexity index is 890. The highest BCUT2D eigenvalue weighted by Gasteiger charge is 2.31. The molecule has 2 aromatic rings. The summed E-state index contributed by atoms with van der Waals surface area (Å²) in [5.74, 6) is -2.28. The van der Waals surface area contributed by atoms with Gasteiger partial charge in [0.1, 0.15) is 16.5 Å². The summed E-state index contributed by atoms with van der Waals surface area (Å²) < 4.78 is 0. The van der Waals surface area contributed by atoms with E-state index in [4.69, 9.17) is 23.2 Å². The number of aromatic hydroxyl groups is 2. The van der Waals surface area contributed by atoms with Crippen molar-refractivity contribution in [3.8, 4) is 11.5 Å². The van der Waals surface area contributed by atoms with Crippen molar-refractivity contribution in [1.82, 2.24) is 0 Å². The van der Waals surface area contributed by atoms with Crippen LogP contribution in [-0.4, -0.2) is 21.8 Å². The number of ketones is 2. The Hall–Kier alpha value is -2.50.